The number of ether oxygens (including phenoxy) is 2. The third-order valence-electron chi connectivity index (χ3n) is 2.04. The van der Waals surface area contributed by atoms with Gasteiger partial charge in [0.05, 0.1) is 6.61 Å². The lowest BCUT2D eigenvalue weighted by molar-refractivity contribution is -0.217. The van der Waals surface area contributed by atoms with Crippen LogP contribution in [0, 0.1) is 12.7 Å². The van der Waals surface area contributed by atoms with Gasteiger partial charge in [0.2, 0.25) is 0 Å². The molecule has 7 heteroatoms. The molecule has 0 saturated carbocycles. The smallest absolute Gasteiger partial charge is 0.459 e. The zero-order valence-electron chi connectivity index (χ0n) is 9.60. The van der Waals surface area contributed by atoms with Crippen LogP contribution in [0.3, 0.4) is 0 Å². The predicted octanol–water partition coefficient (Wildman–Crippen LogP) is 3.43. The molecule has 0 heterocycles. The Morgan fingerprint density at radius 2 is 2.06 bits per heavy atom. The van der Waals surface area contributed by atoms with Crippen LogP contribution in [0.25, 0.3) is 0 Å². The summed E-state index contributed by atoms with van der Waals surface area (Å²) in [4.78, 5) is 10.9. The summed E-state index contributed by atoms with van der Waals surface area (Å²) in [5.41, 5.74) is 0.104. The van der Waals surface area contributed by atoms with Gasteiger partial charge in [-0.1, -0.05) is 15.9 Å². The van der Waals surface area contributed by atoms with Crippen LogP contribution < -0.4 is 4.74 Å². The first-order valence-corrected chi connectivity index (χ1v) is 5.77. The van der Waals surface area contributed by atoms with Crippen molar-refractivity contribution in [1.82, 2.24) is 0 Å². The first kappa shape index (κ1) is 14.8. The fraction of sp³-hybridized carbons (Fsp3) is 0.364. The van der Waals surface area contributed by atoms with Gasteiger partial charge in [0, 0.05) is 10.0 Å². The Morgan fingerprint density at radius 3 is 2.61 bits per heavy atom. The number of hydrogen-bond acceptors (Lipinski definition) is 3. The SMILES string of the molecule is CCOC(=O)C(F)(F)Oc1ccc(Br)c(C)c1F. The van der Waals surface area contributed by atoms with Gasteiger partial charge in [0.25, 0.3) is 0 Å². The molecule has 0 aromatic heterocycles. The number of rotatable bonds is 4. The van der Waals surface area contributed by atoms with Gasteiger partial charge >= 0.3 is 12.1 Å². The van der Waals surface area contributed by atoms with Gasteiger partial charge in [-0.15, -0.1) is 0 Å². The quantitative estimate of drug-likeness (QED) is 0.795. The van der Waals surface area contributed by atoms with Crippen molar-refractivity contribution in [3.05, 3.63) is 28.0 Å². The molecule has 0 amide bonds. The number of carbonyl (C=O) groups excluding carboxylic acids is 1. The Kier molecular flexibility index (Phi) is 4.61. The van der Waals surface area contributed by atoms with Gasteiger partial charge in [-0.2, -0.15) is 8.78 Å². The highest BCUT2D eigenvalue weighted by molar-refractivity contribution is 9.10. The van der Waals surface area contributed by atoms with E-state index < -0.39 is 23.6 Å². The number of carbonyl (C=O) groups is 1. The van der Waals surface area contributed by atoms with Gasteiger partial charge in [0.15, 0.2) is 11.6 Å². The maximum atomic E-state index is 13.6. The average Bonchev–Trinajstić information content (AvgIpc) is 2.30. The highest BCUT2D eigenvalue weighted by atomic mass is 79.9. The van der Waals surface area contributed by atoms with Crippen molar-refractivity contribution < 1.29 is 27.4 Å². The summed E-state index contributed by atoms with van der Waals surface area (Å²) in [6.45, 7) is 2.53. The van der Waals surface area contributed by atoms with E-state index >= 15 is 0 Å². The summed E-state index contributed by atoms with van der Waals surface area (Å²) >= 11 is 3.04. The van der Waals surface area contributed by atoms with Crippen molar-refractivity contribution in [2.45, 2.75) is 20.0 Å². The van der Waals surface area contributed by atoms with Crippen LogP contribution in [0.1, 0.15) is 12.5 Å². The molecule has 1 rings (SSSR count). The molecule has 0 spiro atoms. The van der Waals surface area contributed by atoms with Crippen LogP contribution in [0.15, 0.2) is 16.6 Å². The molecular formula is C11H10BrF3O3. The standard InChI is InChI=1S/C11H10BrF3O3/c1-3-17-10(16)11(14,15)18-8-5-4-7(12)6(2)9(8)13/h4-5H,3H2,1-2H3. The Balaban J connectivity index is 2.97. The molecule has 0 aliphatic heterocycles. The number of esters is 1. The second-order valence-corrected chi connectivity index (χ2v) is 4.18. The van der Waals surface area contributed by atoms with Crippen LogP contribution in [0.5, 0.6) is 5.75 Å². The molecule has 0 N–H and O–H groups in total. The fourth-order valence-corrected chi connectivity index (χ4v) is 1.42. The van der Waals surface area contributed by atoms with Gasteiger partial charge in [-0.3, -0.25) is 0 Å². The monoisotopic (exact) mass is 326 g/mol. The Labute approximate surface area is 110 Å². The van der Waals surface area contributed by atoms with Crippen molar-refractivity contribution in [2.24, 2.45) is 0 Å². The lowest BCUT2D eigenvalue weighted by Crippen LogP contribution is -2.37. The van der Waals surface area contributed by atoms with Crippen molar-refractivity contribution in [1.29, 1.82) is 0 Å². The molecule has 0 aliphatic rings. The minimum Gasteiger partial charge on any atom is -0.459 e. The van der Waals surface area contributed by atoms with E-state index in [-0.39, 0.29) is 12.2 Å². The summed E-state index contributed by atoms with van der Waals surface area (Å²) in [6, 6.07) is 2.34. The molecule has 0 aliphatic carbocycles. The van der Waals surface area contributed by atoms with E-state index in [0.717, 1.165) is 6.07 Å². The molecule has 0 atom stereocenters. The molecule has 0 radical (unpaired) electrons. The molecule has 18 heavy (non-hydrogen) atoms. The second-order valence-electron chi connectivity index (χ2n) is 3.32. The van der Waals surface area contributed by atoms with E-state index in [4.69, 9.17) is 0 Å². The molecular weight excluding hydrogens is 317 g/mol. The summed E-state index contributed by atoms with van der Waals surface area (Å²) in [6.07, 6.45) is -4.23. The maximum Gasteiger partial charge on any atom is 0.502 e. The van der Waals surface area contributed by atoms with E-state index in [0.29, 0.717) is 4.47 Å². The predicted molar refractivity (Wildman–Crippen MR) is 61.0 cm³/mol. The highest BCUT2D eigenvalue weighted by Gasteiger charge is 2.44. The van der Waals surface area contributed by atoms with Crippen LogP contribution in [-0.4, -0.2) is 18.7 Å². The Morgan fingerprint density at radius 1 is 1.44 bits per heavy atom. The highest BCUT2D eigenvalue weighted by Crippen LogP contribution is 2.30. The molecule has 0 saturated heterocycles. The van der Waals surface area contributed by atoms with Crippen LogP contribution in [-0.2, 0) is 9.53 Å². The van der Waals surface area contributed by atoms with Gasteiger partial charge in [-0.05, 0) is 26.0 Å². The first-order valence-electron chi connectivity index (χ1n) is 4.98. The summed E-state index contributed by atoms with van der Waals surface area (Å²) < 4.78 is 48.7. The lowest BCUT2D eigenvalue weighted by Gasteiger charge is -2.17. The van der Waals surface area contributed by atoms with E-state index in [2.05, 4.69) is 25.4 Å². The van der Waals surface area contributed by atoms with Gasteiger partial charge in [-0.25, -0.2) is 9.18 Å². The topological polar surface area (TPSA) is 35.5 Å². The molecule has 0 unspecified atom stereocenters. The minimum absolute atomic E-state index is 0.104. The molecule has 1 aromatic rings. The van der Waals surface area contributed by atoms with Crippen molar-refractivity contribution in [3.8, 4) is 5.75 Å². The van der Waals surface area contributed by atoms with Crippen LogP contribution in [0.4, 0.5) is 13.2 Å². The zero-order valence-corrected chi connectivity index (χ0v) is 11.2. The summed E-state index contributed by atoms with van der Waals surface area (Å²) in [5.74, 6) is -3.54. The van der Waals surface area contributed by atoms with Crippen LogP contribution >= 0.6 is 15.9 Å². The maximum absolute atomic E-state index is 13.6. The van der Waals surface area contributed by atoms with Crippen molar-refractivity contribution in [3.63, 3.8) is 0 Å². The minimum atomic E-state index is -4.23. The number of hydrogen-bond donors (Lipinski definition) is 0. The largest absolute Gasteiger partial charge is 0.502 e. The summed E-state index contributed by atoms with van der Waals surface area (Å²) in [5, 5.41) is 0. The third kappa shape index (κ3) is 3.16. The van der Waals surface area contributed by atoms with E-state index in [9.17, 15) is 18.0 Å². The van der Waals surface area contributed by atoms with Gasteiger partial charge < -0.3 is 9.47 Å². The molecule has 100 valence electrons. The molecule has 1 aromatic carbocycles. The Bertz CT molecular complexity index is 463. The van der Waals surface area contributed by atoms with Gasteiger partial charge in [0.1, 0.15) is 0 Å². The average molecular weight is 327 g/mol. The molecule has 3 nitrogen and oxygen atoms in total. The Hall–Kier alpha value is -1.24. The fourth-order valence-electron chi connectivity index (χ4n) is 1.11. The molecule has 0 fully saturated rings. The van der Waals surface area contributed by atoms with E-state index in [1.54, 1.807) is 0 Å². The number of benzene rings is 1. The van der Waals surface area contributed by atoms with Crippen molar-refractivity contribution in [2.75, 3.05) is 6.61 Å². The van der Waals surface area contributed by atoms with E-state index in [1.165, 1.54) is 19.9 Å². The lowest BCUT2D eigenvalue weighted by atomic mass is 10.2. The molecule has 0 bridgehead atoms. The summed E-state index contributed by atoms with van der Waals surface area (Å²) in [7, 11) is 0. The van der Waals surface area contributed by atoms with Crippen LogP contribution in [0.2, 0.25) is 0 Å². The third-order valence-corrected chi connectivity index (χ3v) is 2.90. The first-order chi connectivity index (χ1) is 8.29. The van der Waals surface area contributed by atoms with E-state index in [1.807, 2.05) is 0 Å². The second kappa shape index (κ2) is 5.60. The normalized spacial score (nSPS) is 11.2. The zero-order chi connectivity index (χ0) is 13.9. The van der Waals surface area contributed by atoms with Crippen molar-refractivity contribution >= 4 is 21.9 Å². The number of halogens is 4. The number of alkyl halides is 2.